The Labute approximate surface area is 133 Å². The average Bonchev–Trinajstić information content (AvgIpc) is 2.89. The van der Waals surface area contributed by atoms with Gasteiger partial charge in [0.15, 0.2) is 0 Å². The highest BCUT2D eigenvalue weighted by Gasteiger charge is 2.32. The maximum Gasteiger partial charge on any atom is 0.243 e. The predicted molar refractivity (Wildman–Crippen MR) is 84.4 cm³/mol. The van der Waals surface area contributed by atoms with Crippen LogP contribution in [0.2, 0.25) is 10.2 Å². The van der Waals surface area contributed by atoms with Crippen LogP contribution in [0.5, 0.6) is 0 Å². The molecule has 0 spiro atoms. The molecule has 2 aromatic rings. The summed E-state index contributed by atoms with van der Waals surface area (Å²) in [7, 11) is -3.51. The largest absolute Gasteiger partial charge is 0.243 e. The highest BCUT2D eigenvalue weighted by atomic mass is 35.5. The second kappa shape index (κ2) is 5.39. The summed E-state index contributed by atoms with van der Waals surface area (Å²) in [6.07, 6.45) is 3.24. The lowest BCUT2D eigenvalue weighted by Gasteiger charge is -2.21. The molecule has 1 fully saturated rings. The molecule has 1 aliphatic heterocycles. The molecule has 1 saturated heterocycles. The van der Waals surface area contributed by atoms with Crippen molar-refractivity contribution in [2.45, 2.75) is 30.7 Å². The first-order valence-electron chi connectivity index (χ1n) is 6.67. The second-order valence-electron chi connectivity index (χ2n) is 5.21. The number of rotatable bonds is 2. The Bertz CT molecular complexity index is 808. The molecule has 0 amide bonds. The molecule has 4 nitrogen and oxygen atoms in total. The summed E-state index contributed by atoms with van der Waals surface area (Å²) in [6, 6.07) is 4.83. The summed E-state index contributed by atoms with van der Waals surface area (Å²) >= 11 is 12.1. The van der Waals surface area contributed by atoms with Crippen molar-refractivity contribution in [3.8, 4) is 0 Å². The smallest absolute Gasteiger partial charge is 0.242 e. The van der Waals surface area contributed by atoms with E-state index in [9.17, 15) is 8.42 Å². The third kappa shape index (κ3) is 2.52. The van der Waals surface area contributed by atoms with Gasteiger partial charge >= 0.3 is 0 Å². The van der Waals surface area contributed by atoms with E-state index in [1.54, 1.807) is 22.5 Å². The Morgan fingerprint density at radius 1 is 1.29 bits per heavy atom. The van der Waals surface area contributed by atoms with Crippen molar-refractivity contribution in [3.63, 3.8) is 0 Å². The van der Waals surface area contributed by atoms with Gasteiger partial charge in [-0.3, -0.25) is 0 Å². The van der Waals surface area contributed by atoms with Crippen LogP contribution in [0.1, 0.15) is 19.8 Å². The normalized spacial score (nSPS) is 20.2. The summed E-state index contributed by atoms with van der Waals surface area (Å²) in [5.41, 5.74) is 0. The number of hydrogen-bond acceptors (Lipinski definition) is 3. The lowest BCUT2D eigenvalue weighted by atomic mass is 10.2. The molecular formula is C14H14Cl2N2O2S. The Morgan fingerprint density at radius 3 is 2.71 bits per heavy atom. The highest BCUT2D eigenvalue weighted by molar-refractivity contribution is 7.89. The topological polar surface area (TPSA) is 50.3 Å². The first kappa shape index (κ1) is 15.0. The first-order chi connectivity index (χ1) is 9.91. The Balaban J connectivity index is 2.15. The number of fused-ring (bicyclic) bond motifs is 1. The number of aromatic nitrogens is 1. The maximum atomic E-state index is 12.7. The van der Waals surface area contributed by atoms with Crippen molar-refractivity contribution in [1.29, 1.82) is 0 Å². The van der Waals surface area contributed by atoms with Crippen molar-refractivity contribution in [1.82, 2.24) is 9.29 Å². The lowest BCUT2D eigenvalue weighted by Crippen LogP contribution is -2.33. The summed E-state index contributed by atoms with van der Waals surface area (Å²) in [5.74, 6) is 0. The van der Waals surface area contributed by atoms with E-state index < -0.39 is 10.0 Å². The van der Waals surface area contributed by atoms with E-state index in [0.717, 1.165) is 12.8 Å². The van der Waals surface area contributed by atoms with Crippen LogP contribution in [-0.4, -0.2) is 30.3 Å². The van der Waals surface area contributed by atoms with Gasteiger partial charge in [-0.15, -0.1) is 0 Å². The van der Waals surface area contributed by atoms with Gasteiger partial charge in [0.05, 0.1) is 9.92 Å². The van der Waals surface area contributed by atoms with Crippen LogP contribution in [0, 0.1) is 0 Å². The molecule has 1 aromatic carbocycles. The minimum atomic E-state index is -3.51. The quantitative estimate of drug-likeness (QED) is 0.780. The number of nitrogens with zero attached hydrogens (tertiary/aromatic N) is 2. The molecule has 3 rings (SSSR count). The van der Waals surface area contributed by atoms with Crippen molar-refractivity contribution in [2.75, 3.05) is 6.54 Å². The molecule has 2 heterocycles. The predicted octanol–water partition coefficient (Wildman–Crippen LogP) is 3.71. The van der Waals surface area contributed by atoms with E-state index in [1.807, 2.05) is 6.92 Å². The fraction of sp³-hybridized carbons (Fsp3) is 0.357. The molecule has 1 aliphatic rings. The molecule has 0 saturated carbocycles. The molecule has 0 bridgehead atoms. The van der Waals surface area contributed by atoms with Gasteiger partial charge < -0.3 is 0 Å². The van der Waals surface area contributed by atoms with Gasteiger partial charge in [0.2, 0.25) is 10.0 Å². The summed E-state index contributed by atoms with van der Waals surface area (Å²) < 4.78 is 27.0. The fourth-order valence-corrected chi connectivity index (χ4v) is 4.86. The van der Waals surface area contributed by atoms with Crippen molar-refractivity contribution in [2.24, 2.45) is 0 Å². The van der Waals surface area contributed by atoms with E-state index in [2.05, 4.69) is 4.98 Å². The van der Waals surface area contributed by atoms with E-state index in [0.29, 0.717) is 22.3 Å². The molecule has 0 radical (unpaired) electrons. The first-order valence-corrected chi connectivity index (χ1v) is 8.86. The zero-order chi connectivity index (χ0) is 15.2. The molecule has 112 valence electrons. The van der Waals surface area contributed by atoms with Crippen molar-refractivity contribution >= 4 is 44.0 Å². The van der Waals surface area contributed by atoms with Crippen LogP contribution in [0.3, 0.4) is 0 Å². The zero-order valence-electron chi connectivity index (χ0n) is 11.4. The maximum absolute atomic E-state index is 12.7. The standard InChI is InChI=1S/C14H14Cl2N2O2S/c1-9-3-2-6-18(9)21(19,20)10-4-5-11-12(7-10)14(16)17-8-13(11)15/h4-5,7-9H,2-3,6H2,1H3. The van der Waals surface area contributed by atoms with Gasteiger partial charge in [0.1, 0.15) is 5.15 Å². The van der Waals surface area contributed by atoms with Crippen molar-refractivity contribution < 1.29 is 8.42 Å². The fourth-order valence-electron chi connectivity index (χ4n) is 2.71. The minimum Gasteiger partial charge on any atom is -0.242 e. The van der Waals surface area contributed by atoms with E-state index in [1.165, 1.54) is 6.20 Å². The van der Waals surface area contributed by atoms with Gasteiger partial charge in [0, 0.05) is 29.6 Å². The van der Waals surface area contributed by atoms with Crippen LogP contribution >= 0.6 is 23.2 Å². The number of pyridine rings is 1. The van der Waals surface area contributed by atoms with Gasteiger partial charge in [0.25, 0.3) is 0 Å². The summed E-state index contributed by atoms with van der Waals surface area (Å²) in [5, 5.41) is 1.95. The van der Waals surface area contributed by atoms with Crippen LogP contribution in [-0.2, 0) is 10.0 Å². The van der Waals surface area contributed by atoms with Crippen molar-refractivity contribution in [3.05, 3.63) is 34.6 Å². The third-order valence-corrected chi connectivity index (χ3v) is 6.47. The summed E-state index contributed by atoms with van der Waals surface area (Å²) in [6.45, 7) is 2.49. The van der Waals surface area contributed by atoms with Crippen LogP contribution in [0.4, 0.5) is 0 Å². The number of benzene rings is 1. The number of halogens is 2. The molecule has 1 atom stereocenters. The molecule has 0 aliphatic carbocycles. The van der Waals surface area contributed by atoms with E-state index in [-0.39, 0.29) is 16.1 Å². The molecular weight excluding hydrogens is 331 g/mol. The number of hydrogen-bond donors (Lipinski definition) is 0. The third-order valence-electron chi connectivity index (χ3n) is 3.86. The molecule has 1 unspecified atom stereocenters. The molecule has 1 aromatic heterocycles. The average molecular weight is 345 g/mol. The zero-order valence-corrected chi connectivity index (χ0v) is 13.7. The summed E-state index contributed by atoms with van der Waals surface area (Å²) in [4.78, 5) is 4.20. The van der Waals surface area contributed by atoms with E-state index in [4.69, 9.17) is 23.2 Å². The molecule has 7 heteroatoms. The molecule has 21 heavy (non-hydrogen) atoms. The Hall–Kier alpha value is -0.880. The Kier molecular flexibility index (Phi) is 3.86. The van der Waals surface area contributed by atoms with Crippen LogP contribution in [0.15, 0.2) is 29.3 Å². The SMILES string of the molecule is CC1CCCN1S(=O)(=O)c1ccc2c(Cl)cnc(Cl)c2c1. The van der Waals surface area contributed by atoms with Gasteiger partial charge in [-0.1, -0.05) is 29.3 Å². The van der Waals surface area contributed by atoms with Crippen LogP contribution in [0.25, 0.3) is 10.8 Å². The second-order valence-corrected chi connectivity index (χ2v) is 7.87. The van der Waals surface area contributed by atoms with Gasteiger partial charge in [-0.2, -0.15) is 4.31 Å². The minimum absolute atomic E-state index is 0.0265. The van der Waals surface area contributed by atoms with Crippen LogP contribution < -0.4 is 0 Å². The molecule has 0 N–H and O–H groups in total. The van der Waals surface area contributed by atoms with E-state index >= 15 is 0 Å². The highest BCUT2D eigenvalue weighted by Crippen LogP contribution is 2.32. The van der Waals surface area contributed by atoms with Gasteiger partial charge in [-0.25, -0.2) is 13.4 Å². The Morgan fingerprint density at radius 2 is 2.05 bits per heavy atom. The monoisotopic (exact) mass is 344 g/mol. The van der Waals surface area contributed by atoms with Gasteiger partial charge in [-0.05, 0) is 31.9 Å². The lowest BCUT2D eigenvalue weighted by molar-refractivity contribution is 0.408. The number of sulfonamides is 1.